The molecule has 10 nitrogen and oxygen atoms in total. The molecule has 0 bridgehead atoms. The first-order chi connectivity index (χ1) is 16.1. The maximum atomic E-state index is 12.3. The molecule has 0 aliphatic carbocycles. The summed E-state index contributed by atoms with van der Waals surface area (Å²) in [5, 5.41) is 7.32. The Labute approximate surface area is 192 Å². The predicted octanol–water partition coefficient (Wildman–Crippen LogP) is 2.53. The first-order valence-corrected chi connectivity index (χ1v) is 10.9. The molecular weight excluding hydrogens is 452 g/mol. The van der Waals surface area contributed by atoms with Crippen LogP contribution in [0.4, 0.5) is 0 Å². The third-order valence-corrected chi connectivity index (χ3v) is 5.40. The lowest BCUT2D eigenvalue weighted by atomic mass is 10.3. The van der Waals surface area contributed by atoms with E-state index in [2.05, 4.69) is 10.2 Å². The van der Waals surface area contributed by atoms with E-state index in [0.29, 0.717) is 49.4 Å². The van der Waals surface area contributed by atoms with Crippen LogP contribution in [0.15, 0.2) is 48.5 Å². The molecule has 0 spiro atoms. The van der Waals surface area contributed by atoms with Crippen LogP contribution >= 0.6 is 11.3 Å². The van der Waals surface area contributed by atoms with Crippen LogP contribution in [0, 0.1) is 0 Å². The first-order valence-electron chi connectivity index (χ1n) is 10.1. The Morgan fingerprint density at radius 3 is 1.45 bits per heavy atom. The summed E-state index contributed by atoms with van der Waals surface area (Å²) < 4.78 is 31.8. The smallest absolute Gasteiger partial charge is 0.374 e. The van der Waals surface area contributed by atoms with Crippen molar-refractivity contribution in [3.63, 3.8) is 0 Å². The molecule has 0 radical (unpaired) electrons. The number of hydrogen-bond donors (Lipinski definition) is 0. The van der Waals surface area contributed by atoms with E-state index in [-0.39, 0.29) is 22.2 Å². The van der Waals surface area contributed by atoms with Crippen molar-refractivity contribution in [3.05, 3.63) is 58.5 Å². The van der Waals surface area contributed by atoms with Crippen LogP contribution in [0.1, 0.15) is 19.6 Å². The van der Waals surface area contributed by atoms with Crippen LogP contribution in [0.25, 0.3) is 0 Å². The van der Waals surface area contributed by atoms with Crippen LogP contribution in [-0.4, -0.2) is 60.8 Å². The van der Waals surface area contributed by atoms with Gasteiger partial charge in [0.15, 0.2) is 0 Å². The Balaban J connectivity index is 1.12. The van der Waals surface area contributed by atoms with Gasteiger partial charge in [-0.3, -0.25) is 0 Å². The summed E-state index contributed by atoms with van der Waals surface area (Å²) in [7, 11) is 0. The first kappa shape index (κ1) is 21.3. The average Bonchev–Trinajstić information content (AvgIpc) is 3.77. The van der Waals surface area contributed by atoms with Crippen LogP contribution < -0.4 is 18.9 Å². The number of nitrogens with zero attached hydrogens (tertiary/aromatic N) is 2. The SMILES string of the molecule is O=C(Oc1ccc(OCC2CO2)cc1)c1nnc(C(=O)Oc2ccc(OCC3CO3)cc2)s1. The fourth-order valence-electron chi connectivity index (χ4n) is 2.60. The van der Waals surface area contributed by atoms with Gasteiger partial charge in [0.2, 0.25) is 10.0 Å². The number of aromatic nitrogens is 2. The molecule has 170 valence electrons. The van der Waals surface area contributed by atoms with E-state index in [1.807, 2.05) is 0 Å². The third kappa shape index (κ3) is 6.04. The largest absolute Gasteiger partial charge is 0.491 e. The zero-order chi connectivity index (χ0) is 22.6. The molecule has 11 heteroatoms. The zero-order valence-electron chi connectivity index (χ0n) is 17.2. The summed E-state index contributed by atoms with van der Waals surface area (Å²) in [6, 6.07) is 13.1. The Kier molecular flexibility index (Phi) is 6.15. The highest BCUT2D eigenvalue weighted by molar-refractivity contribution is 7.15. The number of hydrogen-bond acceptors (Lipinski definition) is 11. The molecule has 5 rings (SSSR count). The molecule has 0 amide bonds. The summed E-state index contributed by atoms with van der Waals surface area (Å²) >= 11 is 0.782. The molecule has 0 N–H and O–H groups in total. The van der Waals surface area contributed by atoms with Gasteiger partial charge in [-0.15, -0.1) is 10.2 Å². The van der Waals surface area contributed by atoms with Gasteiger partial charge in [0.1, 0.15) is 48.4 Å². The van der Waals surface area contributed by atoms with Crippen molar-refractivity contribution in [2.45, 2.75) is 12.2 Å². The highest BCUT2D eigenvalue weighted by atomic mass is 32.1. The molecule has 0 saturated carbocycles. The third-order valence-electron chi connectivity index (χ3n) is 4.52. The topological polar surface area (TPSA) is 122 Å². The average molecular weight is 470 g/mol. The summed E-state index contributed by atoms with van der Waals surface area (Å²) in [5.41, 5.74) is 0. The van der Waals surface area contributed by atoms with E-state index in [1.54, 1.807) is 48.5 Å². The van der Waals surface area contributed by atoms with Gasteiger partial charge < -0.3 is 28.4 Å². The highest BCUT2D eigenvalue weighted by Crippen LogP contribution is 2.23. The number of benzene rings is 2. The molecular formula is C22H18N2O8S. The van der Waals surface area contributed by atoms with Crippen molar-refractivity contribution < 1.29 is 38.0 Å². The number of carbonyl (C=O) groups is 2. The molecule has 2 aliphatic heterocycles. The lowest BCUT2D eigenvalue weighted by Gasteiger charge is -2.06. The van der Waals surface area contributed by atoms with Gasteiger partial charge >= 0.3 is 11.9 Å². The number of esters is 2. The van der Waals surface area contributed by atoms with Crippen LogP contribution in [0.5, 0.6) is 23.0 Å². The van der Waals surface area contributed by atoms with E-state index in [0.717, 1.165) is 11.3 Å². The van der Waals surface area contributed by atoms with E-state index in [9.17, 15) is 9.59 Å². The minimum absolute atomic E-state index is 0.0702. The van der Waals surface area contributed by atoms with Gasteiger partial charge in [0.05, 0.1) is 13.2 Å². The molecule has 1 aromatic heterocycles. The van der Waals surface area contributed by atoms with Gasteiger partial charge in [-0.2, -0.15) is 0 Å². The fourth-order valence-corrected chi connectivity index (χ4v) is 3.20. The Hall–Kier alpha value is -3.54. The van der Waals surface area contributed by atoms with E-state index < -0.39 is 11.9 Å². The molecule has 2 unspecified atom stereocenters. The molecule has 2 saturated heterocycles. The van der Waals surface area contributed by atoms with E-state index in [1.165, 1.54) is 0 Å². The monoisotopic (exact) mass is 470 g/mol. The van der Waals surface area contributed by atoms with Crippen molar-refractivity contribution >= 4 is 23.3 Å². The summed E-state index contributed by atoms with van der Waals surface area (Å²) in [6.07, 6.45) is 0.309. The van der Waals surface area contributed by atoms with Gasteiger partial charge in [0, 0.05) is 0 Å². The Morgan fingerprint density at radius 1 is 0.727 bits per heavy atom. The number of ether oxygens (including phenoxy) is 6. The molecule has 3 aromatic rings. The van der Waals surface area contributed by atoms with Crippen LogP contribution in [0.2, 0.25) is 0 Å². The molecule has 2 atom stereocenters. The minimum atomic E-state index is -0.729. The Bertz CT molecular complexity index is 1040. The maximum absolute atomic E-state index is 12.3. The second-order valence-electron chi connectivity index (χ2n) is 7.17. The summed E-state index contributed by atoms with van der Waals surface area (Å²) in [5.74, 6) is 0.445. The lowest BCUT2D eigenvalue weighted by Crippen LogP contribution is -2.08. The minimum Gasteiger partial charge on any atom is -0.491 e. The second-order valence-corrected chi connectivity index (χ2v) is 8.14. The summed E-state index contributed by atoms with van der Waals surface area (Å²) in [4.78, 5) is 24.7. The van der Waals surface area contributed by atoms with Crippen molar-refractivity contribution in [1.29, 1.82) is 0 Å². The van der Waals surface area contributed by atoms with Crippen LogP contribution in [0.3, 0.4) is 0 Å². The highest BCUT2D eigenvalue weighted by Gasteiger charge is 2.24. The van der Waals surface area contributed by atoms with Crippen molar-refractivity contribution in [3.8, 4) is 23.0 Å². The van der Waals surface area contributed by atoms with Gasteiger partial charge in [-0.25, -0.2) is 9.59 Å². The standard InChI is InChI=1S/C22H18N2O8S/c25-21(31-15-5-1-13(2-6-15)27-9-17-11-29-17)19-23-24-20(33-19)22(26)32-16-7-3-14(4-8-16)28-10-18-12-30-18/h1-8,17-18H,9-12H2. The fraction of sp³-hybridized carbons (Fsp3) is 0.273. The van der Waals surface area contributed by atoms with E-state index in [4.69, 9.17) is 28.4 Å². The van der Waals surface area contributed by atoms with Crippen molar-refractivity contribution in [2.75, 3.05) is 26.4 Å². The Morgan fingerprint density at radius 2 is 1.09 bits per heavy atom. The summed E-state index contributed by atoms with van der Waals surface area (Å²) in [6.45, 7) is 2.39. The zero-order valence-corrected chi connectivity index (χ0v) is 18.0. The number of epoxide rings is 2. The van der Waals surface area contributed by atoms with Gasteiger partial charge in [-0.1, -0.05) is 11.3 Å². The quantitative estimate of drug-likeness (QED) is 0.248. The molecule has 2 aromatic carbocycles. The van der Waals surface area contributed by atoms with E-state index >= 15 is 0 Å². The predicted molar refractivity (Wildman–Crippen MR) is 113 cm³/mol. The van der Waals surface area contributed by atoms with Crippen LogP contribution in [-0.2, 0) is 9.47 Å². The normalized spacial score (nSPS) is 18.3. The molecule has 33 heavy (non-hydrogen) atoms. The molecule has 2 fully saturated rings. The van der Waals surface area contributed by atoms with Crippen molar-refractivity contribution in [2.24, 2.45) is 0 Å². The second kappa shape index (κ2) is 9.53. The van der Waals surface area contributed by atoms with Gasteiger partial charge in [0.25, 0.3) is 0 Å². The lowest BCUT2D eigenvalue weighted by molar-refractivity contribution is 0.0722. The van der Waals surface area contributed by atoms with Crippen molar-refractivity contribution in [1.82, 2.24) is 10.2 Å². The van der Waals surface area contributed by atoms with Gasteiger partial charge in [-0.05, 0) is 48.5 Å². The molecule has 2 aliphatic rings. The number of carbonyl (C=O) groups excluding carboxylic acids is 2. The number of rotatable bonds is 10. The maximum Gasteiger partial charge on any atom is 0.374 e. The molecule has 3 heterocycles.